The Bertz CT molecular complexity index is 504. The van der Waals surface area contributed by atoms with Crippen molar-refractivity contribution in [2.45, 2.75) is 27.2 Å². The number of hydrogen-bond acceptors (Lipinski definition) is 2. The SMILES string of the molecule is C=CCc1ccnc(-c2cc(C)ccn2)c1.CC. The minimum absolute atomic E-state index is 0.862. The fourth-order valence-corrected chi connectivity index (χ4v) is 1.58. The van der Waals surface area contributed by atoms with Crippen LogP contribution in [0.3, 0.4) is 0 Å². The van der Waals surface area contributed by atoms with Gasteiger partial charge in [0.1, 0.15) is 0 Å². The van der Waals surface area contributed by atoms with Gasteiger partial charge in [0, 0.05) is 12.4 Å². The molecule has 94 valence electrons. The molecule has 2 aromatic heterocycles. The van der Waals surface area contributed by atoms with Gasteiger partial charge < -0.3 is 0 Å². The summed E-state index contributed by atoms with van der Waals surface area (Å²) < 4.78 is 0. The Kier molecular flexibility index (Phi) is 5.78. The first-order chi connectivity index (χ1) is 8.79. The Balaban J connectivity index is 0.000000771. The Labute approximate surface area is 109 Å². The van der Waals surface area contributed by atoms with Crippen LogP contribution in [0.2, 0.25) is 0 Å². The first-order valence-electron chi connectivity index (χ1n) is 6.28. The molecule has 2 aromatic rings. The summed E-state index contributed by atoms with van der Waals surface area (Å²) in [5, 5.41) is 0. The number of hydrogen-bond donors (Lipinski definition) is 0. The molecule has 0 bridgehead atoms. The maximum absolute atomic E-state index is 4.34. The van der Waals surface area contributed by atoms with Crippen molar-refractivity contribution in [3.63, 3.8) is 0 Å². The van der Waals surface area contributed by atoms with E-state index >= 15 is 0 Å². The van der Waals surface area contributed by atoms with Crippen LogP contribution in [0.1, 0.15) is 25.0 Å². The van der Waals surface area contributed by atoms with Crippen LogP contribution in [0, 0.1) is 6.92 Å². The molecule has 2 rings (SSSR count). The second-order valence-electron chi connectivity index (χ2n) is 3.76. The minimum atomic E-state index is 0.862. The van der Waals surface area contributed by atoms with Gasteiger partial charge in [0.2, 0.25) is 0 Å². The van der Waals surface area contributed by atoms with Crippen LogP contribution >= 0.6 is 0 Å². The quantitative estimate of drug-likeness (QED) is 0.751. The van der Waals surface area contributed by atoms with Gasteiger partial charge >= 0.3 is 0 Å². The van der Waals surface area contributed by atoms with Gasteiger partial charge in [-0.15, -0.1) is 6.58 Å². The van der Waals surface area contributed by atoms with Crippen LogP contribution in [0.25, 0.3) is 11.4 Å². The highest BCUT2D eigenvalue weighted by Gasteiger charge is 2.01. The van der Waals surface area contributed by atoms with Crippen molar-refractivity contribution >= 4 is 0 Å². The molecular formula is C16H20N2. The molecule has 0 atom stereocenters. The van der Waals surface area contributed by atoms with Crippen LogP contribution in [0.4, 0.5) is 0 Å². The summed E-state index contributed by atoms with van der Waals surface area (Å²) in [5.41, 5.74) is 4.25. The largest absolute Gasteiger partial charge is 0.255 e. The summed E-state index contributed by atoms with van der Waals surface area (Å²) >= 11 is 0. The summed E-state index contributed by atoms with van der Waals surface area (Å²) in [4.78, 5) is 8.66. The van der Waals surface area contributed by atoms with Crippen molar-refractivity contribution in [2.24, 2.45) is 0 Å². The van der Waals surface area contributed by atoms with Gasteiger partial charge in [-0.1, -0.05) is 19.9 Å². The molecule has 0 radical (unpaired) electrons. The topological polar surface area (TPSA) is 25.8 Å². The Hall–Kier alpha value is -1.96. The molecule has 0 aliphatic heterocycles. The summed E-state index contributed by atoms with van der Waals surface area (Å²) in [7, 11) is 0. The van der Waals surface area contributed by atoms with E-state index in [0.717, 1.165) is 17.8 Å². The number of rotatable bonds is 3. The molecule has 0 saturated heterocycles. The van der Waals surface area contributed by atoms with Crippen molar-refractivity contribution in [2.75, 3.05) is 0 Å². The van der Waals surface area contributed by atoms with E-state index < -0.39 is 0 Å². The van der Waals surface area contributed by atoms with E-state index in [1.807, 2.05) is 50.5 Å². The molecule has 2 heterocycles. The number of pyridine rings is 2. The average Bonchev–Trinajstić information content (AvgIpc) is 2.42. The van der Waals surface area contributed by atoms with Gasteiger partial charge in [0.05, 0.1) is 11.4 Å². The zero-order valence-corrected chi connectivity index (χ0v) is 11.4. The highest BCUT2D eigenvalue weighted by molar-refractivity contribution is 5.55. The lowest BCUT2D eigenvalue weighted by Gasteiger charge is -2.03. The monoisotopic (exact) mass is 240 g/mol. The highest BCUT2D eigenvalue weighted by atomic mass is 14.8. The first kappa shape index (κ1) is 14.1. The molecule has 0 aliphatic carbocycles. The fraction of sp³-hybridized carbons (Fsp3) is 0.250. The van der Waals surface area contributed by atoms with E-state index in [-0.39, 0.29) is 0 Å². The smallest absolute Gasteiger partial charge is 0.0889 e. The Morgan fingerprint density at radius 1 is 1.06 bits per heavy atom. The van der Waals surface area contributed by atoms with Gasteiger partial charge in [-0.3, -0.25) is 9.97 Å². The number of aromatic nitrogens is 2. The maximum atomic E-state index is 4.34. The van der Waals surface area contributed by atoms with Crippen molar-refractivity contribution in [3.8, 4) is 11.4 Å². The lowest BCUT2D eigenvalue weighted by atomic mass is 10.1. The Morgan fingerprint density at radius 3 is 2.28 bits per heavy atom. The summed E-state index contributed by atoms with van der Waals surface area (Å²) in [6, 6.07) is 8.08. The molecule has 0 fully saturated rings. The number of nitrogens with zero attached hydrogens (tertiary/aromatic N) is 2. The van der Waals surface area contributed by atoms with E-state index in [2.05, 4.69) is 29.5 Å². The van der Waals surface area contributed by atoms with Crippen LogP contribution in [-0.2, 0) is 6.42 Å². The van der Waals surface area contributed by atoms with E-state index in [1.54, 1.807) is 0 Å². The van der Waals surface area contributed by atoms with Crippen LogP contribution < -0.4 is 0 Å². The second-order valence-corrected chi connectivity index (χ2v) is 3.76. The van der Waals surface area contributed by atoms with E-state index in [0.29, 0.717) is 0 Å². The molecule has 0 aromatic carbocycles. The zero-order valence-electron chi connectivity index (χ0n) is 11.4. The minimum Gasteiger partial charge on any atom is -0.255 e. The third-order valence-electron chi connectivity index (χ3n) is 2.38. The predicted molar refractivity (Wildman–Crippen MR) is 77.5 cm³/mol. The molecule has 0 spiro atoms. The molecular weight excluding hydrogens is 220 g/mol. The summed E-state index contributed by atoms with van der Waals surface area (Å²) in [6.45, 7) is 9.79. The van der Waals surface area contributed by atoms with Gasteiger partial charge in [-0.25, -0.2) is 0 Å². The number of aryl methyl sites for hydroxylation is 1. The van der Waals surface area contributed by atoms with Crippen molar-refractivity contribution < 1.29 is 0 Å². The normalized spacial score (nSPS) is 9.28. The van der Waals surface area contributed by atoms with Crippen LogP contribution in [0.5, 0.6) is 0 Å². The molecule has 2 heteroatoms. The van der Waals surface area contributed by atoms with Crippen molar-refractivity contribution in [1.82, 2.24) is 9.97 Å². The summed E-state index contributed by atoms with van der Waals surface area (Å²) in [6.07, 6.45) is 6.38. The first-order valence-corrected chi connectivity index (χ1v) is 6.28. The van der Waals surface area contributed by atoms with Gasteiger partial charge in [-0.05, 0) is 48.7 Å². The molecule has 0 aliphatic rings. The summed E-state index contributed by atoms with van der Waals surface area (Å²) in [5.74, 6) is 0. The highest BCUT2D eigenvalue weighted by Crippen LogP contribution is 2.16. The third-order valence-corrected chi connectivity index (χ3v) is 2.38. The molecule has 18 heavy (non-hydrogen) atoms. The standard InChI is InChI=1S/C14H14N2.C2H6/c1-3-4-12-6-8-16-14(10-12)13-9-11(2)5-7-15-13;1-2/h3,5-10H,1,4H2,2H3;1-2H3. The fourth-order valence-electron chi connectivity index (χ4n) is 1.58. The van der Waals surface area contributed by atoms with Crippen molar-refractivity contribution in [1.29, 1.82) is 0 Å². The van der Waals surface area contributed by atoms with Crippen molar-refractivity contribution in [3.05, 3.63) is 60.4 Å². The molecule has 0 N–H and O–H groups in total. The molecule has 0 amide bonds. The van der Waals surface area contributed by atoms with Crippen LogP contribution in [-0.4, -0.2) is 9.97 Å². The average molecular weight is 240 g/mol. The van der Waals surface area contributed by atoms with E-state index in [4.69, 9.17) is 0 Å². The van der Waals surface area contributed by atoms with E-state index in [1.165, 1.54) is 11.1 Å². The molecule has 2 nitrogen and oxygen atoms in total. The van der Waals surface area contributed by atoms with Gasteiger partial charge in [0.15, 0.2) is 0 Å². The number of allylic oxidation sites excluding steroid dienone is 1. The van der Waals surface area contributed by atoms with Gasteiger partial charge in [-0.2, -0.15) is 0 Å². The third kappa shape index (κ3) is 3.81. The van der Waals surface area contributed by atoms with Gasteiger partial charge in [0.25, 0.3) is 0 Å². The Morgan fingerprint density at radius 2 is 1.67 bits per heavy atom. The molecule has 0 unspecified atom stereocenters. The lowest BCUT2D eigenvalue weighted by Crippen LogP contribution is -1.90. The predicted octanol–water partition coefficient (Wildman–Crippen LogP) is 4.21. The molecule has 0 saturated carbocycles. The lowest BCUT2D eigenvalue weighted by molar-refractivity contribution is 1.18. The maximum Gasteiger partial charge on any atom is 0.0889 e. The van der Waals surface area contributed by atoms with Crippen LogP contribution in [0.15, 0.2) is 49.3 Å². The van der Waals surface area contributed by atoms with E-state index in [9.17, 15) is 0 Å². The zero-order chi connectivity index (χ0) is 13.4. The second kappa shape index (κ2) is 7.38.